The minimum atomic E-state index is 0.0360. The highest BCUT2D eigenvalue weighted by atomic mass is 16.5. The van der Waals surface area contributed by atoms with Crippen LogP contribution in [0.3, 0.4) is 0 Å². The summed E-state index contributed by atoms with van der Waals surface area (Å²) >= 11 is 0. The van der Waals surface area contributed by atoms with Crippen LogP contribution in [0, 0.1) is 0 Å². The van der Waals surface area contributed by atoms with Crippen molar-refractivity contribution in [1.82, 2.24) is 10.2 Å². The molecule has 2 aliphatic heterocycles. The zero-order valence-corrected chi connectivity index (χ0v) is 11.8. The fraction of sp³-hybridized carbons (Fsp3) is 0.615. The van der Waals surface area contributed by atoms with Crippen molar-refractivity contribution in [3.63, 3.8) is 0 Å². The van der Waals surface area contributed by atoms with Gasteiger partial charge in [-0.15, -0.1) is 0 Å². The Kier molecular flexibility index (Phi) is 8.15. The number of fused-ring (bicyclic) bond motifs is 1. The number of hydrogen-bond acceptors (Lipinski definition) is 4. The highest BCUT2D eigenvalue weighted by Gasteiger charge is 2.22. The molecule has 0 aromatic carbocycles. The van der Waals surface area contributed by atoms with E-state index in [2.05, 4.69) is 16.5 Å². The number of aliphatic imine (C=N–C) groups is 1. The van der Waals surface area contributed by atoms with Crippen molar-refractivity contribution in [2.24, 2.45) is 4.99 Å². The lowest BCUT2D eigenvalue weighted by Gasteiger charge is -2.21. The largest absolute Gasteiger partial charge is 0.378 e. The Balaban J connectivity index is 0.000000581. The summed E-state index contributed by atoms with van der Waals surface area (Å²) in [7, 11) is 1.68. The van der Waals surface area contributed by atoms with Gasteiger partial charge in [-0.25, -0.2) is 4.99 Å². The topological polar surface area (TPSA) is 36.9 Å². The van der Waals surface area contributed by atoms with Crippen LogP contribution in [0.25, 0.3) is 0 Å². The molecule has 1 unspecified atom stereocenters. The number of nitrogens with one attached hydrogen (secondary N) is 1. The first-order chi connectivity index (χ1) is 8.29. The van der Waals surface area contributed by atoms with E-state index in [1.807, 2.05) is 51.9 Å². The van der Waals surface area contributed by atoms with E-state index in [1.54, 1.807) is 7.11 Å². The molecular weight excluding hydrogens is 214 g/mol. The normalized spacial score (nSPS) is 19.9. The molecule has 0 bridgehead atoms. The molecule has 4 nitrogen and oxygen atoms in total. The van der Waals surface area contributed by atoms with Gasteiger partial charge >= 0.3 is 0 Å². The number of hydrogen-bond donors (Lipinski definition) is 1. The monoisotopic (exact) mass is 239 g/mol. The van der Waals surface area contributed by atoms with Gasteiger partial charge in [0.05, 0.1) is 12.3 Å². The van der Waals surface area contributed by atoms with Gasteiger partial charge in [-0.05, 0) is 12.5 Å². The third-order valence-corrected chi connectivity index (χ3v) is 1.97. The van der Waals surface area contributed by atoms with E-state index in [-0.39, 0.29) is 6.29 Å². The van der Waals surface area contributed by atoms with Crippen LogP contribution < -0.4 is 5.32 Å². The molecule has 98 valence electrons. The molecule has 0 spiro atoms. The van der Waals surface area contributed by atoms with E-state index in [0.717, 1.165) is 11.3 Å². The summed E-state index contributed by atoms with van der Waals surface area (Å²) in [5.74, 6) is 0. The minimum Gasteiger partial charge on any atom is -0.378 e. The quantitative estimate of drug-likeness (QED) is 0.805. The lowest BCUT2D eigenvalue weighted by molar-refractivity contribution is 0.219. The standard InChI is InChI=1S/C9H13N3O.2C2H6/c1-7-3-10-9-11-8(6-13-2)5-12(9)4-7;2*1-2/h3-5,9,11H,6H2,1-2H3;2*1-2H3. The van der Waals surface area contributed by atoms with E-state index < -0.39 is 0 Å². The van der Waals surface area contributed by atoms with Crippen molar-refractivity contribution in [2.75, 3.05) is 13.7 Å². The summed E-state index contributed by atoms with van der Waals surface area (Å²) < 4.78 is 5.03. The van der Waals surface area contributed by atoms with Crippen LogP contribution in [-0.4, -0.2) is 31.1 Å². The van der Waals surface area contributed by atoms with Gasteiger partial charge in [-0.1, -0.05) is 27.7 Å². The highest BCUT2D eigenvalue weighted by Crippen LogP contribution is 2.16. The lowest BCUT2D eigenvalue weighted by atomic mass is 10.3. The van der Waals surface area contributed by atoms with E-state index in [1.165, 1.54) is 0 Å². The fourth-order valence-corrected chi connectivity index (χ4v) is 1.44. The molecule has 0 aromatic rings. The zero-order valence-electron chi connectivity index (χ0n) is 11.8. The second-order valence-corrected chi connectivity index (χ2v) is 3.20. The van der Waals surface area contributed by atoms with Gasteiger partial charge in [-0.2, -0.15) is 0 Å². The van der Waals surface area contributed by atoms with Crippen molar-refractivity contribution in [3.8, 4) is 0 Å². The minimum absolute atomic E-state index is 0.0360. The summed E-state index contributed by atoms with van der Waals surface area (Å²) in [5.41, 5.74) is 2.23. The van der Waals surface area contributed by atoms with Crippen molar-refractivity contribution in [3.05, 3.63) is 23.7 Å². The van der Waals surface area contributed by atoms with Crippen molar-refractivity contribution in [2.45, 2.75) is 40.9 Å². The van der Waals surface area contributed by atoms with Crippen molar-refractivity contribution in [1.29, 1.82) is 0 Å². The van der Waals surface area contributed by atoms with E-state index in [9.17, 15) is 0 Å². The summed E-state index contributed by atoms with van der Waals surface area (Å²) in [6, 6.07) is 0. The molecule has 2 heterocycles. The van der Waals surface area contributed by atoms with Crippen LogP contribution in [0.4, 0.5) is 0 Å². The summed E-state index contributed by atoms with van der Waals surface area (Å²) in [4.78, 5) is 6.36. The van der Waals surface area contributed by atoms with Crippen molar-refractivity contribution < 1.29 is 4.74 Å². The maximum Gasteiger partial charge on any atom is 0.199 e. The highest BCUT2D eigenvalue weighted by molar-refractivity contribution is 5.78. The second kappa shape index (κ2) is 8.82. The first-order valence-electron chi connectivity index (χ1n) is 6.25. The van der Waals surface area contributed by atoms with Gasteiger partial charge in [0.2, 0.25) is 0 Å². The molecule has 1 atom stereocenters. The SMILES string of the molecule is CC.CC.COCC1=CN2C=C(C)C=NC2N1. The average Bonchev–Trinajstić information content (AvgIpc) is 2.76. The molecule has 0 radical (unpaired) electrons. The Hall–Kier alpha value is -1.29. The average molecular weight is 239 g/mol. The van der Waals surface area contributed by atoms with Gasteiger partial charge in [0.15, 0.2) is 6.29 Å². The van der Waals surface area contributed by atoms with E-state index in [4.69, 9.17) is 4.74 Å². The zero-order chi connectivity index (χ0) is 13.3. The maximum absolute atomic E-state index is 5.03. The summed E-state index contributed by atoms with van der Waals surface area (Å²) in [6.07, 6.45) is 5.99. The fourth-order valence-electron chi connectivity index (χ4n) is 1.44. The Morgan fingerprint density at radius 1 is 1.29 bits per heavy atom. The molecule has 0 aliphatic carbocycles. The molecule has 4 heteroatoms. The van der Waals surface area contributed by atoms with Gasteiger partial charge in [0.1, 0.15) is 0 Å². The third-order valence-electron chi connectivity index (χ3n) is 1.97. The van der Waals surface area contributed by atoms with E-state index in [0.29, 0.717) is 6.61 Å². The van der Waals surface area contributed by atoms with Crippen molar-refractivity contribution >= 4 is 6.21 Å². The lowest BCUT2D eigenvalue weighted by Crippen LogP contribution is -2.33. The molecule has 0 aromatic heterocycles. The molecule has 17 heavy (non-hydrogen) atoms. The Morgan fingerprint density at radius 3 is 2.53 bits per heavy atom. The third kappa shape index (κ3) is 4.61. The van der Waals surface area contributed by atoms with Gasteiger partial charge in [0, 0.05) is 25.7 Å². The molecule has 0 amide bonds. The molecule has 2 aliphatic rings. The van der Waals surface area contributed by atoms with E-state index >= 15 is 0 Å². The smallest absolute Gasteiger partial charge is 0.199 e. The van der Waals surface area contributed by atoms with Crippen LogP contribution in [0.15, 0.2) is 28.7 Å². The predicted molar refractivity (Wildman–Crippen MR) is 73.7 cm³/mol. The summed E-state index contributed by atoms with van der Waals surface area (Å²) in [6.45, 7) is 10.6. The molecule has 2 rings (SSSR count). The van der Waals surface area contributed by atoms with Gasteiger partial charge in [0.25, 0.3) is 0 Å². The number of ether oxygens (including phenoxy) is 1. The van der Waals surface area contributed by atoms with Crippen LogP contribution in [0.2, 0.25) is 0 Å². The Morgan fingerprint density at radius 2 is 1.94 bits per heavy atom. The molecule has 1 N–H and O–H groups in total. The van der Waals surface area contributed by atoms with Crippen LogP contribution in [-0.2, 0) is 4.74 Å². The number of methoxy groups -OCH3 is 1. The van der Waals surface area contributed by atoms with Gasteiger partial charge in [-0.3, -0.25) is 0 Å². The van der Waals surface area contributed by atoms with Crippen LogP contribution >= 0.6 is 0 Å². The number of rotatable bonds is 2. The molecule has 0 saturated carbocycles. The number of allylic oxidation sites excluding steroid dienone is 1. The number of nitrogens with zero attached hydrogens (tertiary/aromatic N) is 2. The predicted octanol–water partition coefficient (Wildman–Crippen LogP) is 2.70. The summed E-state index contributed by atoms with van der Waals surface area (Å²) in [5, 5.41) is 3.23. The Bertz CT molecular complexity index is 295. The molecule has 0 saturated heterocycles. The van der Waals surface area contributed by atoms with Crippen LogP contribution in [0.1, 0.15) is 34.6 Å². The maximum atomic E-state index is 5.03. The second-order valence-electron chi connectivity index (χ2n) is 3.20. The molecular formula is C13H25N3O. The van der Waals surface area contributed by atoms with Crippen LogP contribution in [0.5, 0.6) is 0 Å². The van der Waals surface area contributed by atoms with Gasteiger partial charge < -0.3 is 15.0 Å². The Labute approximate surface area is 105 Å². The first kappa shape index (κ1) is 15.7. The first-order valence-corrected chi connectivity index (χ1v) is 6.25. The molecule has 0 fully saturated rings.